The van der Waals surface area contributed by atoms with Gasteiger partial charge in [-0.1, -0.05) is 48.1 Å². The molecule has 0 spiro atoms. The molecule has 7 rings (SSSR count). The zero-order valence-electron chi connectivity index (χ0n) is 23.5. The Morgan fingerprint density at radius 3 is 2.67 bits per heavy atom. The van der Waals surface area contributed by atoms with Crippen LogP contribution in [0.2, 0.25) is 0 Å². The normalized spacial score (nSPS) is 23.3. The summed E-state index contributed by atoms with van der Waals surface area (Å²) in [4.78, 5) is 42.8. The van der Waals surface area contributed by atoms with E-state index in [1.165, 1.54) is 11.6 Å². The first-order valence-corrected chi connectivity index (χ1v) is 14.8. The molecule has 4 aliphatic rings. The zero-order valence-corrected chi connectivity index (χ0v) is 23.5. The van der Waals surface area contributed by atoms with Crippen molar-refractivity contribution < 1.29 is 19.1 Å². The summed E-state index contributed by atoms with van der Waals surface area (Å²) in [5.41, 5.74) is 3.17. The molecule has 0 bridgehead atoms. The lowest BCUT2D eigenvalue weighted by Gasteiger charge is -2.46. The monoisotopic (exact) mass is 581 g/mol. The van der Waals surface area contributed by atoms with E-state index in [9.17, 15) is 23.9 Å². The Bertz CT molecular complexity index is 1770. The van der Waals surface area contributed by atoms with Crippen molar-refractivity contribution in [2.24, 2.45) is 17.8 Å². The average Bonchev–Trinajstić information content (AvgIpc) is 3.04. The minimum atomic E-state index is -0.691. The second kappa shape index (κ2) is 10.9. The number of aliphatic hydroxyl groups excluding tert-OH is 1. The van der Waals surface area contributed by atoms with E-state index in [0.29, 0.717) is 60.9 Å². The van der Waals surface area contributed by atoms with E-state index in [1.54, 1.807) is 35.4 Å². The number of carbonyl (C=O) groups is 2. The molecule has 3 atom stereocenters. The third-order valence-corrected chi connectivity index (χ3v) is 9.25. The van der Waals surface area contributed by atoms with E-state index in [1.807, 2.05) is 29.2 Å². The molecule has 2 fully saturated rings. The number of carbonyl (C=O) groups excluding carboxylic acids is 2. The van der Waals surface area contributed by atoms with Gasteiger partial charge in [-0.25, -0.2) is 9.49 Å². The Morgan fingerprint density at radius 1 is 1.07 bits per heavy atom. The van der Waals surface area contributed by atoms with Gasteiger partial charge in [0.05, 0.1) is 16.6 Å². The summed E-state index contributed by atoms with van der Waals surface area (Å²) in [6.07, 6.45) is 9.22. The molecule has 2 saturated heterocycles. The maximum atomic E-state index is 14.9. The summed E-state index contributed by atoms with van der Waals surface area (Å²) in [6.45, 7) is 1.30. The fraction of sp³-hybridized carbons (Fsp3) is 0.333. The Labute approximate surface area is 247 Å². The number of nitrogens with zero attached hydrogens (tertiary/aromatic N) is 3. The van der Waals surface area contributed by atoms with Gasteiger partial charge in [0, 0.05) is 61.1 Å². The van der Waals surface area contributed by atoms with Gasteiger partial charge >= 0.3 is 0 Å². The highest BCUT2D eigenvalue weighted by Gasteiger charge is 2.44. The molecule has 0 saturated carbocycles. The van der Waals surface area contributed by atoms with Crippen molar-refractivity contribution in [3.8, 4) is 0 Å². The molecule has 2 aromatic carbocycles. The van der Waals surface area contributed by atoms with Crippen LogP contribution in [0.4, 0.5) is 4.39 Å². The number of hydrogen-bond donors (Lipinski definition) is 3. The predicted octanol–water partition coefficient (Wildman–Crippen LogP) is 3.23. The van der Waals surface area contributed by atoms with Crippen LogP contribution in [0.15, 0.2) is 83.0 Å². The number of aliphatic hydroxyl groups is 1. The molecule has 3 aliphatic heterocycles. The maximum Gasteiger partial charge on any atom is 0.272 e. The highest BCUT2D eigenvalue weighted by atomic mass is 19.1. The number of rotatable bonds is 4. The third-order valence-electron chi connectivity index (χ3n) is 9.25. The van der Waals surface area contributed by atoms with Crippen LogP contribution in [0.3, 0.4) is 0 Å². The van der Waals surface area contributed by atoms with Crippen molar-refractivity contribution in [3.05, 3.63) is 111 Å². The summed E-state index contributed by atoms with van der Waals surface area (Å²) < 4.78 is 14.9. The molecule has 2 amide bonds. The SMILES string of the molecule is O=C(c1cc(Cc2n[nH]c(=O)c3ccccc23)ccc1F)N1CCC(C(=O)N2CCC3=CC=C[C@H]4[C@H]3C2=CN[C@@H]4O)CC1. The van der Waals surface area contributed by atoms with Gasteiger partial charge in [0.2, 0.25) is 5.91 Å². The first kappa shape index (κ1) is 27.3. The number of fused-ring (bicyclic) bond motifs is 1. The molecule has 0 unspecified atom stereocenters. The van der Waals surface area contributed by atoms with E-state index in [4.69, 9.17) is 0 Å². The summed E-state index contributed by atoms with van der Waals surface area (Å²) in [5, 5.41) is 21.4. The number of benzene rings is 2. The lowest BCUT2D eigenvalue weighted by Crippen LogP contribution is -2.52. The van der Waals surface area contributed by atoms with E-state index >= 15 is 0 Å². The van der Waals surface area contributed by atoms with Crippen molar-refractivity contribution in [2.45, 2.75) is 31.9 Å². The topological polar surface area (TPSA) is 119 Å². The largest absolute Gasteiger partial charge is 0.373 e. The Hall–Kier alpha value is -4.57. The Morgan fingerprint density at radius 2 is 1.86 bits per heavy atom. The van der Waals surface area contributed by atoms with Crippen molar-refractivity contribution in [3.63, 3.8) is 0 Å². The van der Waals surface area contributed by atoms with Crippen LogP contribution in [-0.4, -0.2) is 62.8 Å². The lowest BCUT2D eigenvalue weighted by atomic mass is 9.73. The number of allylic oxidation sites excluding steroid dienone is 3. The second-order valence-electron chi connectivity index (χ2n) is 11.7. The molecule has 10 heteroatoms. The molecule has 220 valence electrons. The number of halogens is 1. The smallest absolute Gasteiger partial charge is 0.272 e. The van der Waals surface area contributed by atoms with Gasteiger partial charge in [-0.15, -0.1) is 0 Å². The number of nitrogens with one attached hydrogen (secondary N) is 2. The summed E-state index contributed by atoms with van der Waals surface area (Å²) >= 11 is 0. The highest BCUT2D eigenvalue weighted by molar-refractivity contribution is 5.95. The predicted molar refractivity (Wildman–Crippen MR) is 158 cm³/mol. The quantitative estimate of drug-likeness (QED) is 0.436. The standard InChI is InChI=1S/C33H32FN5O4/c34-26-9-8-19(17-27-22-5-1-2-6-23(22)31(41)37-36-27)16-25(26)33(43)38-13-10-21(11-14-38)32(42)39-15-12-20-4-3-7-24-29(20)28(39)18-35-30(24)40/h1-9,16,18,21,24,29-30,35,40H,10-15,17H2,(H,37,41)/t24-,29-,30+/m0/s1. The number of likely N-dealkylation sites (tertiary alicyclic amines) is 2. The minimum Gasteiger partial charge on any atom is -0.373 e. The highest BCUT2D eigenvalue weighted by Crippen LogP contribution is 2.43. The van der Waals surface area contributed by atoms with Gasteiger partial charge in [-0.05, 0) is 43.0 Å². The van der Waals surface area contributed by atoms with E-state index in [2.05, 4.69) is 21.6 Å². The molecule has 0 radical (unpaired) electrons. The molecule has 1 aliphatic carbocycles. The number of aromatic nitrogens is 2. The lowest BCUT2D eigenvalue weighted by molar-refractivity contribution is -0.136. The van der Waals surface area contributed by atoms with Crippen molar-refractivity contribution >= 4 is 22.6 Å². The van der Waals surface area contributed by atoms with Crippen LogP contribution in [0.25, 0.3) is 10.8 Å². The molecule has 4 heterocycles. The molecule has 9 nitrogen and oxygen atoms in total. The number of hydrogen-bond acceptors (Lipinski definition) is 6. The number of piperidine rings is 2. The summed E-state index contributed by atoms with van der Waals surface area (Å²) in [7, 11) is 0. The third kappa shape index (κ3) is 4.85. The van der Waals surface area contributed by atoms with E-state index in [-0.39, 0.29) is 34.8 Å². The van der Waals surface area contributed by atoms with Gasteiger partial charge < -0.3 is 20.2 Å². The number of aromatic amines is 1. The fourth-order valence-electron chi connectivity index (χ4n) is 6.97. The van der Waals surface area contributed by atoms with Crippen LogP contribution in [0, 0.1) is 23.6 Å². The first-order chi connectivity index (χ1) is 20.9. The number of amides is 2. The number of H-pyrrole nitrogens is 1. The van der Waals surface area contributed by atoms with Crippen LogP contribution in [0.5, 0.6) is 0 Å². The summed E-state index contributed by atoms with van der Waals surface area (Å²) in [6, 6.07) is 11.6. The second-order valence-corrected chi connectivity index (χ2v) is 11.7. The Kier molecular flexibility index (Phi) is 6.93. The van der Waals surface area contributed by atoms with Gasteiger partial charge in [0.25, 0.3) is 11.5 Å². The van der Waals surface area contributed by atoms with Gasteiger partial charge in [-0.3, -0.25) is 14.4 Å². The van der Waals surface area contributed by atoms with Crippen LogP contribution in [0.1, 0.15) is 40.9 Å². The van der Waals surface area contributed by atoms with Crippen LogP contribution < -0.4 is 10.9 Å². The van der Waals surface area contributed by atoms with E-state index in [0.717, 1.165) is 12.1 Å². The summed E-state index contributed by atoms with van der Waals surface area (Å²) in [5.74, 6) is -1.33. The van der Waals surface area contributed by atoms with Gasteiger partial charge in [0.1, 0.15) is 12.0 Å². The molecule has 1 aromatic heterocycles. The van der Waals surface area contributed by atoms with Crippen molar-refractivity contribution in [1.29, 1.82) is 0 Å². The Balaban J connectivity index is 1.03. The molecular formula is C33H32FN5O4. The van der Waals surface area contributed by atoms with E-state index < -0.39 is 18.0 Å². The van der Waals surface area contributed by atoms with Crippen molar-refractivity contribution in [2.75, 3.05) is 19.6 Å². The first-order valence-electron chi connectivity index (χ1n) is 14.8. The zero-order chi connectivity index (χ0) is 29.7. The van der Waals surface area contributed by atoms with Gasteiger partial charge in [-0.2, -0.15) is 5.10 Å². The molecular weight excluding hydrogens is 549 g/mol. The van der Waals surface area contributed by atoms with Crippen molar-refractivity contribution in [1.82, 2.24) is 25.3 Å². The minimum absolute atomic E-state index is 0.0137. The average molecular weight is 582 g/mol. The van der Waals surface area contributed by atoms with Crippen LogP contribution in [-0.2, 0) is 11.2 Å². The molecule has 43 heavy (non-hydrogen) atoms. The molecule has 3 N–H and O–H groups in total. The maximum absolute atomic E-state index is 14.9. The molecule has 3 aromatic rings. The van der Waals surface area contributed by atoms with Crippen LogP contribution >= 0.6 is 0 Å². The van der Waals surface area contributed by atoms with Gasteiger partial charge in [0.15, 0.2) is 0 Å². The fourth-order valence-corrected chi connectivity index (χ4v) is 6.97.